The highest BCUT2D eigenvalue weighted by Crippen LogP contribution is 2.33. The highest BCUT2D eigenvalue weighted by atomic mass is 35.5. The average Bonchev–Trinajstić information content (AvgIpc) is 2.77. The van der Waals surface area contributed by atoms with Gasteiger partial charge in [-0.05, 0) is 32.0 Å². The summed E-state index contributed by atoms with van der Waals surface area (Å²) in [5, 5.41) is 10.1. The molecule has 0 amide bonds. The molecule has 0 aromatic carbocycles. The number of aliphatic hydroxyl groups excluding tert-OH is 1. The van der Waals surface area contributed by atoms with Crippen molar-refractivity contribution in [3.63, 3.8) is 0 Å². The third-order valence-electron chi connectivity index (χ3n) is 3.85. The first-order chi connectivity index (χ1) is 8.63. The first-order valence-electron chi connectivity index (χ1n) is 6.48. The molecule has 0 radical (unpaired) electrons. The topological polar surface area (TPSA) is 49.5 Å². The summed E-state index contributed by atoms with van der Waals surface area (Å²) in [6, 6.07) is 4.32. The Morgan fingerprint density at radius 2 is 2.22 bits per heavy atom. The van der Waals surface area contributed by atoms with Crippen molar-refractivity contribution >= 4 is 22.9 Å². The van der Waals surface area contributed by atoms with Gasteiger partial charge in [0, 0.05) is 17.5 Å². The third-order valence-corrected chi connectivity index (χ3v) is 5.19. The molecule has 1 heterocycles. The predicted molar refractivity (Wildman–Crippen MR) is 77.2 cm³/mol. The van der Waals surface area contributed by atoms with Crippen LogP contribution in [0.4, 0.5) is 0 Å². The fourth-order valence-corrected chi connectivity index (χ4v) is 4.01. The monoisotopic (exact) mass is 288 g/mol. The summed E-state index contributed by atoms with van der Waals surface area (Å²) in [6.45, 7) is 0.552. The number of hydrogen-bond acceptors (Lipinski definition) is 4. The van der Waals surface area contributed by atoms with Gasteiger partial charge in [0.25, 0.3) is 0 Å². The maximum atomic E-state index is 10.1. The van der Waals surface area contributed by atoms with Gasteiger partial charge in [-0.25, -0.2) is 0 Å². The lowest BCUT2D eigenvalue weighted by atomic mass is 9.90. The highest BCUT2D eigenvalue weighted by Gasteiger charge is 2.31. The van der Waals surface area contributed by atoms with E-state index in [1.807, 2.05) is 12.1 Å². The Morgan fingerprint density at radius 1 is 1.50 bits per heavy atom. The minimum absolute atomic E-state index is 0.153. The molecular formula is C13H21ClN2OS. The lowest BCUT2D eigenvalue weighted by Gasteiger charge is -2.39. The van der Waals surface area contributed by atoms with Crippen molar-refractivity contribution in [3.05, 3.63) is 21.3 Å². The Balaban J connectivity index is 2.11. The average molecular weight is 289 g/mol. The lowest BCUT2D eigenvalue weighted by Crippen LogP contribution is -2.46. The van der Waals surface area contributed by atoms with Gasteiger partial charge in [0.2, 0.25) is 0 Å². The fourth-order valence-electron chi connectivity index (χ4n) is 2.79. The molecule has 1 aliphatic carbocycles. The van der Waals surface area contributed by atoms with Gasteiger partial charge in [-0.3, -0.25) is 4.90 Å². The molecule has 3 atom stereocenters. The van der Waals surface area contributed by atoms with E-state index in [1.165, 1.54) is 11.3 Å². The van der Waals surface area contributed by atoms with Gasteiger partial charge in [0.1, 0.15) is 0 Å². The van der Waals surface area contributed by atoms with Crippen LogP contribution in [0.2, 0.25) is 4.34 Å². The van der Waals surface area contributed by atoms with Crippen LogP contribution in [0.5, 0.6) is 0 Å². The van der Waals surface area contributed by atoms with E-state index >= 15 is 0 Å². The number of aliphatic hydroxyl groups is 1. The molecule has 1 aliphatic rings. The molecule has 1 saturated carbocycles. The van der Waals surface area contributed by atoms with Crippen molar-refractivity contribution in [2.24, 2.45) is 5.73 Å². The Morgan fingerprint density at radius 3 is 2.78 bits per heavy atom. The van der Waals surface area contributed by atoms with E-state index < -0.39 is 0 Å². The van der Waals surface area contributed by atoms with Crippen molar-refractivity contribution in [1.82, 2.24) is 4.90 Å². The van der Waals surface area contributed by atoms with E-state index in [4.69, 9.17) is 17.3 Å². The Labute approximate surface area is 118 Å². The molecule has 2 rings (SSSR count). The summed E-state index contributed by atoms with van der Waals surface area (Å²) in [7, 11) is 2.06. The first kappa shape index (κ1) is 14.3. The summed E-state index contributed by atoms with van der Waals surface area (Å²) >= 11 is 7.57. The number of nitrogens with zero attached hydrogens (tertiary/aromatic N) is 1. The maximum Gasteiger partial charge on any atom is 0.0931 e. The normalized spacial score (nSPS) is 26.5. The molecule has 1 fully saturated rings. The molecule has 1 aromatic heterocycles. The number of halogens is 1. The van der Waals surface area contributed by atoms with Crippen LogP contribution < -0.4 is 5.73 Å². The van der Waals surface area contributed by atoms with E-state index in [0.717, 1.165) is 23.6 Å². The maximum absolute atomic E-state index is 10.1. The minimum Gasteiger partial charge on any atom is -0.391 e. The number of nitrogens with two attached hydrogens (primary N) is 1. The zero-order valence-electron chi connectivity index (χ0n) is 10.7. The van der Waals surface area contributed by atoms with Gasteiger partial charge >= 0.3 is 0 Å². The van der Waals surface area contributed by atoms with Gasteiger partial charge in [-0.1, -0.05) is 24.4 Å². The highest BCUT2D eigenvalue weighted by molar-refractivity contribution is 7.16. The van der Waals surface area contributed by atoms with Crippen LogP contribution in [0.25, 0.3) is 0 Å². The zero-order valence-corrected chi connectivity index (χ0v) is 12.3. The van der Waals surface area contributed by atoms with Gasteiger partial charge in [-0.2, -0.15) is 0 Å². The molecule has 5 heteroatoms. The fraction of sp³-hybridized carbons (Fsp3) is 0.692. The number of thiophene rings is 1. The second kappa shape index (κ2) is 6.35. The summed E-state index contributed by atoms with van der Waals surface area (Å²) in [5.74, 6) is 0. The molecule has 0 spiro atoms. The van der Waals surface area contributed by atoms with E-state index in [9.17, 15) is 5.11 Å². The Hall–Kier alpha value is -0.130. The van der Waals surface area contributed by atoms with Crippen molar-refractivity contribution < 1.29 is 5.11 Å². The first-order valence-corrected chi connectivity index (χ1v) is 7.68. The lowest BCUT2D eigenvalue weighted by molar-refractivity contribution is 0.0144. The predicted octanol–water partition coefficient (Wildman–Crippen LogP) is 2.64. The van der Waals surface area contributed by atoms with Crippen LogP contribution in [-0.4, -0.2) is 35.7 Å². The molecular weight excluding hydrogens is 268 g/mol. The summed E-state index contributed by atoms with van der Waals surface area (Å²) in [5.41, 5.74) is 5.91. The molecule has 3 nitrogen and oxygen atoms in total. The second-order valence-corrected chi connectivity index (χ2v) is 6.72. The smallest absolute Gasteiger partial charge is 0.0931 e. The summed E-state index contributed by atoms with van der Waals surface area (Å²) in [6.07, 6.45) is 4.04. The van der Waals surface area contributed by atoms with Crippen LogP contribution in [0.15, 0.2) is 12.1 Å². The van der Waals surface area contributed by atoms with Gasteiger partial charge in [-0.15, -0.1) is 11.3 Å². The van der Waals surface area contributed by atoms with Gasteiger partial charge in [0.05, 0.1) is 16.5 Å². The van der Waals surface area contributed by atoms with Crippen LogP contribution in [0, 0.1) is 0 Å². The Bertz CT molecular complexity index is 385. The number of hydrogen-bond donors (Lipinski definition) is 2. The second-order valence-electron chi connectivity index (χ2n) is 4.98. The van der Waals surface area contributed by atoms with E-state index in [1.54, 1.807) is 11.3 Å². The van der Waals surface area contributed by atoms with Crippen molar-refractivity contribution in [2.45, 2.75) is 43.9 Å². The third kappa shape index (κ3) is 3.06. The molecule has 0 bridgehead atoms. The minimum atomic E-state index is -0.228. The van der Waals surface area contributed by atoms with E-state index in [0.29, 0.717) is 6.54 Å². The SMILES string of the molecule is CN(C(CN)c1ccc(Cl)s1)C1CCCCC1O. The van der Waals surface area contributed by atoms with Crippen LogP contribution in [0.3, 0.4) is 0 Å². The van der Waals surface area contributed by atoms with Crippen molar-refractivity contribution in [1.29, 1.82) is 0 Å². The van der Waals surface area contributed by atoms with Gasteiger partial charge < -0.3 is 10.8 Å². The van der Waals surface area contributed by atoms with Crippen molar-refractivity contribution in [3.8, 4) is 0 Å². The van der Waals surface area contributed by atoms with Crippen LogP contribution in [0.1, 0.15) is 36.6 Å². The largest absolute Gasteiger partial charge is 0.391 e. The summed E-state index contributed by atoms with van der Waals surface area (Å²) in [4.78, 5) is 3.41. The molecule has 3 N–H and O–H groups in total. The molecule has 102 valence electrons. The van der Waals surface area contributed by atoms with E-state index in [-0.39, 0.29) is 18.2 Å². The molecule has 0 saturated heterocycles. The quantitative estimate of drug-likeness (QED) is 0.895. The molecule has 0 aliphatic heterocycles. The number of likely N-dealkylation sites (N-methyl/N-ethyl adjacent to an activating group) is 1. The molecule has 3 unspecified atom stereocenters. The van der Waals surface area contributed by atoms with Crippen LogP contribution in [-0.2, 0) is 0 Å². The standard InChI is InChI=1S/C13H21ClN2OS/c1-16(9-4-2-3-5-11(9)17)10(8-15)12-6-7-13(14)18-12/h6-7,9-11,17H,2-5,8,15H2,1H3. The molecule has 18 heavy (non-hydrogen) atoms. The number of rotatable bonds is 4. The van der Waals surface area contributed by atoms with Gasteiger partial charge in [0.15, 0.2) is 0 Å². The Kier molecular flexibility index (Phi) is 5.04. The van der Waals surface area contributed by atoms with Crippen LogP contribution >= 0.6 is 22.9 Å². The zero-order chi connectivity index (χ0) is 13.1. The van der Waals surface area contributed by atoms with Crippen molar-refractivity contribution in [2.75, 3.05) is 13.6 Å². The summed E-state index contributed by atoms with van der Waals surface area (Å²) < 4.78 is 0.793. The molecule has 1 aromatic rings. The van der Waals surface area contributed by atoms with E-state index in [2.05, 4.69) is 11.9 Å².